The number of likely N-dealkylation sites (N-methyl/N-ethyl adjacent to an activating group) is 1. The highest BCUT2D eigenvalue weighted by molar-refractivity contribution is 7.16. The van der Waals surface area contributed by atoms with Crippen molar-refractivity contribution in [2.75, 3.05) is 56.7 Å². The van der Waals surface area contributed by atoms with Crippen molar-refractivity contribution < 1.29 is 31.9 Å². The molecule has 2 amide bonds. The molecule has 2 aliphatic rings. The van der Waals surface area contributed by atoms with Crippen LogP contribution in [0.5, 0.6) is 0 Å². The third kappa shape index (κ3) is 6.43. The Morgan fingerprint density at radius 3 is 2.44 bits per heavy atom. The van der Waals surface area contributed by atoms with Gasteiger partial charge in [0.05, 0.1) is 41.9 Å². The van der Waals surface area contributed by atoms with Gasteiger partial charge in [0.2, 0.25) is 5.56 Å². The molecule has 2 atom stereocenters. The van der Waals surface area contributed by atoms with Gasteiger partial charge >= 0.3 is 6.18 Å². The molecule has 10 nitrogen and oxygen atoms in total. The van der Waals surface area contributed by atoms with Gasteiger partial charge in [-0.15, -0.1) is 11.3 Å². The van der Waals surface area contributed by atoms with Crippen LogP contribution in [0.1, 0.15) is 39.4 Å². The Hall–Kier alpha value is -3.82. The van der Waals surface area contributed by atoms with Crippen molar-refractivity contribution in [1.82, 2.24) is 19.8 Å². The number of halogens is 4. The number of aromatic amines is 1. The fourth-order valence-corrected chi connectivity index (χ4v) is 6.09. The zero-order chi connectivity index (χ0) is 31.1. The molecule has 230 valence electrons. The summed E-state index contributed by atoms with van der Waals surface area (Å²) in [5.74, 6) is -2.08. The number of hydrogen-bond donors (Lipinski definition) is 2. The Labute approximate surface area is 248 Å². The van der Waals surface area contributed by atoms with E-state index in [0.29, 0.717) is 51.7 Å². The number of amides is 2. The molecular weight excluding hydrogens is 592 g/mol. The van der Waals surface area contributed by atoms with Crippen molar-refractivity contribution in [3.8, 4) is 10.6 Å². The van der Waals surface area contributed by atoms with Crippen molar-refractivity contribution in [1.29, 1.82) is 0 Å². The lowest BCUT2D eigenvalue weighted by atomic mass is 10.1. The molecule has 2 aliphatic heterocycles. The number of anilines is 2. The molecule has 43 heavy (non-hydrogen) atoms. The van der Waals surface area contributed by atoms with Gasteiger partial charge in [0.15, 0.2) is 0 Å². The summed E-state index contributed by atoms with van der Waals surface area (Å²) in [5, 5.41) is 2.68. The largest absolute Gasteiger partial charge is 0.417 e. The summed E-state index contributed by atoms with van der Waals surface area (Å²) in [7, 11) is 1.96. The van der Waals surface area contributed by atoms with Crippen LogP contribution in [-0.2, 0) is 10.9 Å². The normalized spacial score (nSPS) is 19.9. The summed E-state index contributed by atoms with van der Waals surface area (Å²) in [6.07, 6.45) is -2.91. The molecule has 2 saturated heterocycles. The summed E-state index contributed by atoms with van der Waals surface area (Å²) in [6.45, 7) is 6.55. The molecule has 2 unspecified atom stereocenters. The van der Waals surface area contributed by atoms with Gasteiger partial charge in [-0.1, -0.05) is 0 Å². The predicted molar refractivity (Wildman–Crippen MR) is 153 cm³/mol. The summed E-state index contributed by atoms with van der Waals surface area (Å²) < 4.78 is 62.2. The minimum atomic E-state index is -4.97. The second-order valence-electron chi connectivity index (χ2n) is 10.6. The number of ether oxygens (including phenoxy) is 1. The summed E-state index contributed by atoms with van der Waals surface area (Å²) >= 11 is 0.971. The first kappa shape index (κ1) is 30.6. The highest BCUT2D eigenvalue weighted by atomic mass is 32.1. The molecular formula is C28H30F4N6O4S. The van der Waals surface area contributed by atoms with E-state index in [4.69, 9.17) is 4.74 Å². The van der Waals surface area contributed by atoms with Gasteiger partial charge in [-0.25, -0.2) is 9.37 Å². The number of carbonyl (C=O) groups excluding carboxylic acids is 2. The van der Waals surface area contributed by atoms with E-state index in [-0.39, 0.29) is 44.8 Å². The molecule has 0 spiro atoms. The lowest BCUT2D eigenvalue weighted by molar-refractivity contribution is -0.138. The first-order valence-electron chi connectivity index (χ1n) is 13.6. The third-order valence-electron chi connectivity index (χ3n) is 7.75. The fourth-order valence-electron chi connectivity index (χ4n) is 5.19. The maximum Gasteiger partial charge on any atom is 0.417 e. The van der Waals surface area contributed by atoms with Crippen LogP contribution in [0.2, 0.25) is 0 Å². The summed E-state index contributed by atoms with van der Waals surface area (Å²) in [4.78, 5) is 50.1. The number of benzene rings is 1. The molecule has 0 radical (unpaired) electrons. The molecule has 0 saturated carbocycles. The average molecular weight is 623 g/mol. The summed E-state index contributed by atoms with van der Waals surface area (Å²) in [5.41, 5.74) is -2.90. The molecule has 2 N–H and O–H groups in total. The Morgan fingerprint density at radius 1 is 1.12 bits per heavy atom. The van der Waals surface area contributed by atoms with E-state index in [1.54, 1.807) is 4.90 Å². The number of rotatable bonds is 5. The van der Waals surface area contributed by atoms with Crippen molar-refractivity contribution in [3.63, 3.8) is 0 Å². The Balaban J connectivity index is 1.54. The highest BCUT2D eigenvalue weighted by Gasteiger charge is 2.36. The SMILES string of the molecule is CC1CN(c2cc(F)c(-c3ncc(C(=O)N4CCOCC4)s3)cc2NC(=O)c2c[nH]c(=O)cc2C(F)(F)F)CC(C)N1C. The number of alkyl halides is 3. The average Bonchev–Trinajstić information content (AvgIpc) is 3.46. The maximum absolute atomic E-state index is 15.7. The topological polar surface area (TPSA) is 111 Å². The molecule has 2 aromatic heterocycles. The number of nitrogens with one attached hydrogen (secondary N) is 2. The minimum Gasteiger partial charge on any atom is -0.378 e. The van der Waals surface area contributed by atoms with Crippen LogP contribution in [0.25, 0.3) is 10.6 Å². The van der Waals surface area contributed by atoms with E-state index in [2.05, 4.69) is 20.2 Å². The number of H-pyrrole nitrogens is 1. The number of nitrogens with zero attached hydrogens (tertiary/aromatic N) is 4. The second-order valence-corrected chi connectivity index (χ2v) is 11.7. The Morgan fingerprint density at radius 2 is 1.79 bits per heavy atom. The molecule has 3 aromatic rings. The maximum atomic E-state index is 15.7. The number of piperazine rings is 1. The van der Waals surface area contributed by atoms with E-state index in [0.717, 1.165) is 11.3 Å². The number of aromatic nitrogens is 2. The molecule has 15 heteroatoms. The Bertz CT molecular complexity index is 1570. The first-order valence-corrected chi connectivity index (χ1v) is 14.4. The van der Waals surface area contributed by atoms with Crippen LogP contribution in [-0.4, -0.2) is 90.1 Å². The number of pyridine rings is 1. The van der Waals surface area contributed by atoms with Crippen LogP contribution < -0.4 is 15.8 Å². The van der Waals surface area contributed by atoms with Crippen LogP contribution in [0, 0.1) is 5.82 Å². The Kier molecular flexibility index (Phi) is 8.58. The van der Waals surface area contributed by atoms with Gasteiger partial charge in [0.25, 0.3) is 11.8 Å². The molecule has 4 heterocycles. The van der Waals surface area contributed by atoms with Crippen molar-refractivity contribution in [2.24, 2.45) is 0 Å². The smallest absolute Gasteiger partial charge is 0.378 e. The van der Waals surface area contributed by atoms with Crippen LogP contribution in [0.15, 0.2) is 35.4 Å². The lowest BCUT2D eigenvalue weighted by Crippen LogP contribution is -2.55. The predicted octanol–water partition coefficient (Wildman–Crippen LogP) is 3.91. The fraction of sp³-hybridized carbons (Fsp3) is 0.429. The van der Waals surface area contributed by atoms with Crippen molar-refractivity contribution in [2.45, 2.75) is 32.1 Å². The number of hydrogen-bond acceptors (Lipinski definition) is 8. The van der Waals surface area contributed by atoms with E-state index in [1.165, 1.54) is 18.3 Å². The molecule has 0 bridgehead atoms. The van der Waals surface area contributed by atoms with Gasteiger partial charge in [-0.2, -0.15) is 13.2 Å². The second kappa shape index (κ2) is 12.1. The van der Waals surface area contributed by atoms with Gasteiger partial charge in [-0.3, -0.25) is 19.3 Å². The molecule has 0 aliphatic carbocycles. The quantitative estimate of drug-likeness (QED) is 0.416. The number of morpholine rings is 1. The van der Waals surface area contributed by atoms with E-state index in [1.807, 2.05) is 25.8 Å². The lowest BCUT2D eigenvalue weighted by Gasteiger charge is -2.44. The number of thiazole rings is 1. The monoisotopic (exact) mass is 622 g/mol. The van der Waals surface area contributed by atoms with Gasteiger partial charge in [-0.05, 0) is 27.0 Å². The van der Waals surface area contributed by atoms with E-state index < -0.39 is 34.6 Å². The van der Waals surface area contributed by atoms with Gasteiger partial charge in [0, 0.05) is 62.2 Å². The number of carbonyl (C=O) groups is 2. The standard InChI is InChI=1S/C28H30F4N6O4S/c1-15-13-38(14-16(2)36(15)3)22-10-20(29)17(26-34-12-23(43-26)27(41)37-4-6-42-7-5-37)8-21(22)35-25(40)18-11-33-24(39)9-19(18)28(30,31)32/h8-12,15-16H,4-7,13-14H2,1-3H3,(H,33,39)(H,35,40). The van der Waals surface area contributed by atoms with Gasteiger partial charge in [0.1, 0.15) is 15.7 Å². The third-order valence-corrected chi connectivity index (χ3v) is 8.77. The first-order chi connectivity index (χ1) is 20.3. The molecule has 1 aromatic carbocycles. The minimum absolute atomic E-state index is 0.0298. The van der Waals surface area contributed by atoms with Crippen LogP contribution >= 0.6 is 11.3 Å². The van der Waals surface area contributed by atoms with Crippen LogP contribution in [0.3, 0.4) is 0 Å². The molecule has 5 rings (SSSR count). The van der Waals surface area contributed by atoms with E-state index in [9.17, 15) is 27.6 Å². The van der Waals surface area contributed by atoms with Crippen LogP contribution in [0.4, 0.5) is 28.9 Å². The van der Waals surface area contributed by atoms with E-state index >= 15 is 4.39 Å². The van der Waals surface area contributed by atoms with Crippen molar-refractivity contribution in [3.05, 3.63) is 62.8 Å². The summed E-state index contributed by atoms with van der Waals surface area (Å²) in [6, 6.07) is 2.96. The zero-order valence-corrected chi connectivity index (χ0v) is 24.4. The highest BCUT2D eigenvalue weighted by Crippen LogP contribution is 2.38. The van der Waals surface area contributed by atoms with Crippen molar-refractivity contribution >= 4 is 34.5 Å². The zero-order valence-electron chi connectivity index (χ0n) is 23.6. The van der Waals surface area contributed by atoms with Gasteiger partial charge < -0.3 is 24.8 Å². The molecule has 2 fully saturated rings.